The first-order chi connectivity index (χ1) is 9.99. The van der Waals surface area contributed by atoms with E-state index in [1.165, 1.54) is 43.2 Å². The first-order valence-corrected chi connectivity index (χ1v) is 11.5. The van der Waals surface area contributed by atoms with E-state index in [4.69, 9.17) is 53.6 Å². The summed E-state index contributed by atoms with van der Waals surface area (Å²) >= 11 is 20.2. The van der Waals surface area contributed by atoms with E-state index in [2.05, 4.69) is 16.0 Å². The van der Waals surface area contributed by atoms with Crippen molar-refractivity contribution in [2.24, 2.45) is 0 Å². The smallest absolute Gasteiger partial charge is 0.230 e. The Bertz CT molecular complexity index is 344. The molecule has 0 aliphatic heterocycles. The largest absolute Gasteiger partial charge is 0.481 e. The Balaban J connectivity index is 3.50. The van der Waals surface area contributed by atoms with Crippen LogP contribution < -0.4 is 16.0 Å². The van der Waals surface area contributed by atoms with E-state index in [1.807, 2.05) is 0 Å². The minimum Gasteiger partial charge on any atom is -0.481 e. The van der Waals surface area contributed by atoms with E-state index in [0.29, 0.717) is 13.0 Å². The molecule has 0 amide bonds. The van der Waals surface area contributed by atoms with Gasteiger partial charge in [0.05, 0.1) is 7.11 Å². The van der Waals surface area contributed by atoms with Crippen molar-refractivity contribution in [3.05, 3.63) is 0 Å². The summed E-state index contributed by atoms with van der Waals surface area (Å²) < 4.78 is 7.44. The Labute approximate surface area is 162 Å². The quantitative estimate of drug-likeness (QED) is 0.343. The fourth-order valence-corrected chi connectivity index (χ4v) is 4.64. The van der Waals surface area contributed by atoms with Crippen LogP contribution in [0.25, 0.3) is 0 Å². The van der Waals surface area contributed by atoms with Gasteiger partial charge in [0.2, 0.25) is 4.38 Å². The topological polar surface area (TPSA) is 45.3 Å². The summed E-state index contributed by atoms with van der Waals surface area (Å²) in [6.45, 7) is 1.55. The summed E-state index contributed by atoms with van der Waals surface area (Å²) in [5.41, 5.74) is 0. The number of ether oxygens (including phenoxy) is 1. The van der Waals surface area contributed by atoms with Gasteiger partial charge in [-0.3, -0.25) is 0 Å². The first-order valence-electron chi connectivity index (χ1n) is 5.54. The lowest BCUT2D eigenvalue weighted by atomic mass is 10.4. The second kappa shape index (κ2) is 14.5. The molecule has 0 saturated carbocycles. The average molecular weight is 438 g/mol. The highest BCUT2D eigenvalue weighted by Crippen LogP contribution is 2.24. The Morgan fingerprint density at radius 2 is 1.33 bits per heavy atom. The van der Waals surface area contributed by atoms with Crippen LogP contribution in [0.4, 0.5) is 0 Å². The van der Waals surface area contributed by atoms with Crippen LogP contribution in [-0.2, 0) is 4.74 Å². The standard InChI is InChI=1S/C9H15N3OS8/c1-10-6(14)18-19-7(15)11-4-3-5-12-8(16)20-21-9(17)13-2/h3-5H2,1-2H3,(H,10,14)(H,11,15)(H,12,16). The van der Waals surface area contributed by atoms with E-state index < -0.39 is 0 Å². The van der Waals surface area contributed by atoms with Gasteiger partial charge in [-0.25, -0.2) is 0 Å². The Morgan fingerprint density at radius 1 is 0.857 bits per heavy atom. The second-order valence-electron chi connectivity index (χ2n) is 3.11. The molecule has 0 aliphatic carbocycles. The fraction of sp³-hybridized carbons (Fsp3) is 0.556. The molecule has 0 fully saturated rings. The average Bonchev–Trinajstić information content (AvgIpc) is 2.49. The van der Waals surface area contributed by atoms with Crippen LogP contribution in [0.15, 0.2) is 0 Å². The lowest BCUT2D eigenvalue weighted by Crippen LogP contribution is -2.25. The van der Waals surface area contributed by atoms with Crippen molar-refractivity contribution >= 4 is 109 Å². The molecule has 0 bridgehead atoms. The summed E-state index contributed by atoms with van der Waals surface area (Å²) in [7, 11) is 8.91. The Hall–Kier alpha value is 0.960. The molecular formula is C9H15N3OS8. The highest BCUT2D eigenvalue weighted by Gasteiger charge is 2.03. The molecule has 0 saturated heterocycles. The third-order valence-corrected chi connectivity index (χ3v) is 8.44. The lowest BCUT2D eigenvalue weighted by Gasteiger charge is -2.09. The zero-order valence-corrected chi connectivity index (χ0v) is 17.8. The summed E-state index contributed by atoms with van der Waals surface area (Å²) in [5.74, 6) is 0. The number of thiocarbonyl (C=S) groups is 4. The normalized spacial score (nSPS) is 9.62. The molecule has 0 aliphatic rings. The summed E-state index contributed by atoms with van der Waals surface area (Å²) in [6.07, 6.45) is 0.905. The van der Waals surface area contributed by atoms with Gasteiger partial charge in [0.15, 0.2) is 0 Å². The molecule has 0 unspecified atom stereocenters. The van der Waals surface area contributed by atoms with Crippen molar-refractivity contribution < 1.29 is 4.74 Å². The predicted octanol–water partition coefficient (Wildman–Crippen LogP) is 3.32. The monoisotopic (exact) mass is 437 g/mol. The summed E-state index contributed by atoms with van der Waals surface area (Å²) in [5, 5.41) is 9.15. The minimum atomic E-state index is 0.463. The predicted molar refractivity (Wildman–Crippen MR) is 117 cm³/mol. The van der Waals surface area contributed by atoms with Gasteiger partial charge in [0.25, 0.3) is 0 Å². The van der Waals surface area contributed by atoms with E-state index in [-0.39, 0.29) is 0 Å². The molecule has 0 aromatic rings. The van der Waals surface area contributed by atoms with E-state index in [9.17, 15) is 0 Å². The molecule has 0 aromatic carbocycles. The van der Waals surface area contributed by atoms with Gasteiger partial charge < -0.3 is 20.7 Å². The molecule has 4 nitrogen and oxygen atoms in total. The molecule has 120 valence electrons. The van der Waals surface area contributed by atoms with Gasteiger partial charge >= 0.3 is 0 Å². The summed E-state index contributed by atoms with van der Waals surface area (Å²) in [4.78, 5) is 0. The van der Waals surface area contributed by atoms with Crippen LogP contribution in [0, 0.1) is 0 Å². The van der Waals surface area contributed by atoms with Crippen LogP contribution in [0.1, 0.15) is 6.42 Å². The van der Waals surface area contributed by atoms with Gasteiger partial charge in [-0.15, -0.1) is 0 Å². The van der Waals surface area contributed by atoms with Gasteiger partial charge in [0, 0.05) is 30.9 Å². The van der Waals surface area contributed by atoms with E-state index in [1.54, 1.807) is 14.2 Å². The number of nitrogens with one attached hydrogen (secondary N) is 3. The maximum atomic E-state index is 5.17. The first kappa shape index (κ1) is 22.0. The van der Waals surface area contributed by atoms with Crippen LogP contribution >= 0.6 is 92.0 Å². The maximum Gasteiger partial charge on any atom is 0.230 e. The molecule has 21 heavy (non-hydrogen) atoms. The van der Waals surface area contributed by atoms with Crippen molar-refractivity contribution in [2.75, 3.05) is 27.2 Å². The van der Waals surface area contributed by atoms with Crippen molar-refractivity contribution in [3.8, 4) is 0 Å². The fourth-order valence-electron chi connectivity index (χ4n) is 0.751. The molecule has 0 aromatic heterocycles. The zero-order chi connectivity index (χ0) is 16.1. The molecule has 12 heteroatoms. The molecule has 3 N–H and O–H groups in total. The van der Waals surface area contributed by atoms with Crippen LogP contribution in [0.5, 0.6) is 0 Å². The van der Waals surface area contributed by atoms with Crippen molar-refractivity contribution in [2.45, 2.75) is 6.42 Å². The van der Waals surface area contributed by atoms with Gasteiger partial charge in [-0.2, -0.15) is 0 Å². The maximum absolute atomic E-state index is 5.17. The lowest BCUT2D eigenvalue weighted by molar-refractivity contribution is 0.427. The Kier molecular flexibility index (Phi) is 15.2. The van der Waals surface area contributed by atoms with Crippen LogP contribution in [0.3, 0.4) is 0 Å². The van der Waals surface area contributed by atoms with Gasteiger partial charge in [-0.05, 0) is 51.0 Å². The van der Waals surface area contributed by atoms with Crippen LogP contribution in [-0.4, -0.2) is 44.6 Å². The highest BCUT2D eigenvalue weighted by atomic mass is 33.1. The minimum absolute atomic E-state index is 0.463. The number of hydrogen-bond donors (Lipinski definition) is 3. The van der Waals surface area contributed by atoms with Gasteiger partial charge in [-0.1, -0.05) is 36.7 Å². The Morgan fingerprint density at radius 3 is 1.81 bits per heavy atom. The molecule has 0 atom stereocenters. The van der Waals surface area contributed by atoms with E-state index in [0.717, 1.165) is 23.8 Å². The number of methoxy groups -OCH3 is 1. The number of rotatable bonds is 4. The molecule has 0 spiro atoms. The molecule has 0 heterocycles. The third kappa shape index (κ3) is 14.3. The highest BCUT2D eigenvalue weighted by molar-refractivity contribution is 8.90. The van der Waals surface area contributed by atoms with Crippen LogP contribution in [0.2, 0.25) is 0 Å². The second-order valence-corrected chi connectivity index (χ2v) is 10.00. The third-order valence-electron chi connectivity index (χ3n) is 1.64. The molecule has 0 rings (SSSR count). The van der Waals surface area contributed by atoms with Crippen molar-refractivity contribution in [3.63, 3.8) is 0 Å². The van der Waals surface area contributed by atoms with Crippen molar-refractivity contribution in [1.29, 1.82) is 0 Å². The van der Waals surface area contributed by atoms with Gasteiger partial charge in [0.1, 0.15) is 13.0 Å². The number of hydrogen-bond acceptors (Lipinski definition) is 9. The van der Waals surface area contributed by atoms with E-state index >= 15 is 0 Å². The molecular weight excluding hydrogens is 423 g/mol. The SMILES string of the molecule is CNC(=S)SSC(=S)NCCCNC(=S)SSC(=S)OC. The van der Waals surface area contributed by atoms with Crippen molar-refractivity contribution in [1.82, 2.24) is 16.0 Å². The molecule has 0 radical (unpaired) electrons. The zero-order valence-electron chi connectivity index (χ0n) is 11.3. The summed E-state index contributed by atoms with van der Waals surface area (Å²) in [6, 6.07) is 0.